The second-order valence-corrected chi connectivity index (χ2v) is 1.58. The molecule has 2 heteroatoms. The lowest BCUT2D eigenvalue weighted by Crippen LogP contribution is -1.23. The molecule has 0 nitrogen and oxygen atoms in total. The Kier molecular flexibility index (Phi) is 2.31. The van der Waals surface area contributed by atoms with Crippen LogP contribution in [0.4, 0.5) is 0 Å². The van der Waals surface area contributed by atoms with Gasteiger partial charge in [0.25, 0.3) is 0 Å². The summed E-state index contributed by atoms with van der Waals surface area (Å²) < 4.78 is 0. The number of fused-ring (bicyclic) bond motifs is 1. The van der Waals surface area contributed by atoms with Crippen molar-refractivity contribution in [2.24, 2.45) is 0 Å². The van der Waals surface area contributed by atoms with Gasteiger partial charge in [0, 0.05) is 20.4 Å². The summed E-state index contributed by atoms with van der Waals surface area (Å²) in [6.45, 7) is 0. The maximum Gasteiger partial charge on any atom is 0.00711 e. The monoisotopic (exact) mass is 282 g/mol. The smallest absolute Gasteiger partial charge is 0.00711 e. The SMILES string of the molecule is BrI.c1cc2cc-2c1. The van der Waals surface area contributed by atoms with Crippen LogP contribution in [0.3, 0.4) is 0 Å². The first kappa shape index (κ1) is 6.55. The Bertz CT molecular complexity index is 168. The lowest BCUT2D eigenvalue weighted by Gasteiger charge is -1.48. The molecular weight excluding hydrogens is 279 g/mol. The number of halogens is 2. The first-order chi connectivity index (χ1) is 3.97. The summed E-state index contributed by atoms with van der Waals surface area (Å²) in [5.74, 6) is 0. The van der Waals surface area contributed by atoms with E-state index in [0.29, 0.717) is 0 Å². The van der Waals surface area contributed by atoms with E-state index in [9.17, 15) is 0 Å². The van der Waals surface area contributed by atoms with Gasteiger partial charge in [0.2, 0.25) is 0 Å². The molecule has 0 unspecified atom stereocenters. The average molecular weight is 283 g/mol. The van der Waals surface area contributed by atoms with Crippen molar-refractivity contribution in [2.45, 2.75) is 0 Å². The fourth-order valence-corrected chi connectivity index (χ4v) is 0.676. The van der Waals surface area contributed by atoms with E-state index < -0.39 is 0 Å². The van der Waals surface area contributed by atoms with Crippen LogP contribution < -0.4 is 0 Å². The molecule has 2 rings (SSSR count). The van der Waals surface area contributed by atoms with Crippen molar-refractivity contribution in [2.75, 3.05) is 0 Å². The minimum absolute atomic E-state index is 1.43. The predicted octanol–water partition coefficient (Wildman–Crippen LogP) is 3.40. The van der Waals surface area contributed by atoms with Gasteiger partial charge < -0.3 is 0 Å². The topological polar surface area (TPSA) is 0 Å². The number of hydrogen-bond acceptors (Lipinski definition) is 0. The van der Waals surface area contributed by atoms with Crippen molar-refractivity contribution < 1.29 is 0 Å². The highest BCUT2D eigenvalue weighted by Gasteiger charge is 2.06. The molecule has 42 valence electrons. The summed E-state index contributed by atoms with van der Waals surface area (Å²) in [5, 5.41) is 0. The Morgan fingerprint density at radius 1 is 1.12 bits per heavy atom. The predicted molar refractivity (Wildman–Crippen MR) is 48.4 cm³/mol. The Balaban J connectivity index is 0.000000147. The quantitative estimate of drug-likeness (QED) is 0.650. The van der Waals surface area contributed by atoms with E-state index >= 15 is 0 Å². The second-order valence-electron chi connectivity index (χ2n) is 1.58. The van der Waals surface area contributed by atoms with Gasteiger partial charge in [0.05, 0.1) is 0 Å². The fraction of sp³-hybridized carbons (Fsp3) is 0. The molecule has 0 amide bonds. The highest BCUT2D eigenvalue weighted by atomic mass is 127. The summed E-state index contributed by atoms with van der Waals surface area (Å²) >= 11 is 4.87. The lowest BCUT2D eigenvalue weighted by atomic mass is 10.6. The average Bonchev–Trinajstić information content (AvgIpc) is 2.46. The molecular formula is C6H4BrI. The maximum absolute atomic E-state index is 2.91. The zero-order chi connectivity index (χ0) is 5.98. The van der Waals surface area contributed by atoms with Crippen molar-refractivity contribution in [3.8, 4) is 11.1 Å². The molecule has 0 fully saturated rings. The molecule has 8 heavy (non-hydrogen) atoms. The zero-order valence-electron chi connectivity index (χ0n) is 4.07. The van der Waals surface area contributed by atoms with Gasteiger partial charge in [-0.05, 0) is 29.9 Å². The fourth-order valence-electron chi connectivity index (χ4n) is 0.676. The number of hydrogen-bond donors (Lipinski definition) is 0. The molecule has 0 N–H and O–H groups in total. The summed E-state index contributed by atoms with van der Waals surface area (Å²) in [6, 6.07) is 8.48. The van der Waals surface area contributed by atoms with E-state index in [1.807, 2.05) is 20.4 Å². The lowest BCUT2D eigenvalue weighted by molar-refractivity contribution is 2.01. The molecule has 0 aliphatic heterocycles. The third-order valence-electron chi connectivity index (χ3n) is 1.11. The van der Waals surface area contributed by atoms with Crippen molar-refractivity contribution in [3.63, 3.8) is 0 Å². The Labute approximate surface area is 68.2 Å². The molecule has 0 spiro atoms. The highest BCUT2D eigenvalue weighted by molar-refractivity contribution is 14.2. The Hall–Kier alpha value is 0.430. The maximum atomic E-state index is 2.91. The van der Waals surface area contributed by atoms with Crippen LogP contribution in [0.1, 0.15) is 0 Å². The molecule has 0 radical (unpaired) electrons. The van der Waals surface area contributed by atoms with E-state index in [1.54, 1.807) is 0 Å². The van der Waals surface area contributed by atoms with Crippen LogP contribution in [0.25, 0.3) is 11.1 Å². The van der Waals surface area contributed by atoms with Gasteiger partial charge in [-0.3, -0.25) is 0 Å². The van der Waals surface area contributed by atoms with Crippen LogP contribution in [-0.2, 0) is 0 Å². The van der Waals surface area contributed by atoms with Crippen LogP contribution in [0.5, 0.6) is 0 Å². The van der Waals surface area contributed by atoms with Gasteiger partial charge in [0.1, 0.15) is 0 Å². The summed E-state index contributed by atoms with van der Waals surface area (Å²) in [7, 11) is 0. The van der Waals surface area contributed by atoms with Gasteiger partial charge in [0.15, 0.2) is 0 Å². The van der Waals surface area contributed by atoms with E-state index in [4.69, 9.17) is 0 Å². The van der Waals surface area contributed by atoms with Crippen LogP contribution in [0, 0.1) is 0 Å². The van der Waals surface area contributed by atoms with Crippen LogP contribution in [0.15, 0.2) is 24.3 Å². The minimum atomic E-state index is 1.43. The third kappa shape index (κ3) is 1.23. The molecule has 0 saturated heterocycles. The zero-order valence-corrected chi connectivity index (χ0v) is 7.81. The first-order valence-corrected chi connectivity index (χ1v) is 7.05. The van der Waals surface area contributed by atoms with E-state index in [1.165, 1.54) is 11.1 Å². The van der Waals surface area contributed by atoms with Gasteiger partial charge >= 0.3 is 0 Å². The van der Waals surface area contributed by atoms with Gasteiger partial charge in [-0.1, -0.05) is 18.2 Å². The van der Waals surface area contributed by atoms with Gasteiger partial charge in [-0.25, -0.2) is 0 Å². The largest absolute Gasteiger partial charge is 0.0610 e. The highest BCUT2D eigenvalue weighted by Crippen LogP contribution is 2.32. The summed E-state index contributed by atoms with van der Waals surface area (Å²) in [6.07, 6.45) is 0. The third-order valence-corrected chi connectivity index (χ3v) is 1.11. The summed E-state index contributed by atoms with van der Waals surface area (Å²) in [5.41, 5.74) is 2.85. The van der Waals surface area contributed by atoms with Crippen molar-refractivity contribution in [3.05, 3.63) is 24.3 Å². The van der Waals surface area contributed by atoms with E-state index in [0.717, 1.165) is 0 Å². The van der Waals surface area contributed by atoms with Gasteiger partial charge in [-0.15, -0.1) is 0 Å². The van der Waals surface area contributed by atoms with Gasteiger partial charge in [-0.2, -0.15) is 0 Å². The van der Waals surface area contributed by atoms with Crippen molar-refractivity contribution in [1.82, 2.24) is 0 Å². The van der Waals surface area contributed by atoms with Crippen LogP contribution >= 0.6 is 33.1 Å². The van der Waals surface area contributed by atoms with Crippen molar-refractivity contribution in [1.29, 1.82) is 0 Å². The number of rotatable bonds is 0. The van der Waals surface area contributed by atoms with Crippen LogP contribution in [-0.4, -0.2) is 0 Å². The molecule has 2 aliphatic carbocycles. The summed E-state index contributed by atoms with van der Waals surface area (Å²) in [4.78, 5) is 0. The molecule has 0 heterocycles. The molecule has 0 aromatic rings. The van der Waals surface area contributed by atoms with Crippen molar-refractivity contribution >= 4 is 33.1 Å². The normalized spacial score (nSPS) is 9.25. The van der Waals surface area contributed by atoms with Crippen LogP contribution in [0.2, 0.25) is 0 Å². The minimum Gasteiger partial charge on any atom is -0.0610 e. The Morgan fingerprint density at radius 2 is 1.62 bits per heavy atom. The second kappa shape index (κ2) is 2.82. The Morgan fingerprint density at radius 3 is 1.75 bits per heavy atom. The molecule has 0 saturated carbocycles. The first-order valence-electron chi connectivity index (χ1n) is 2.21. The van der Waals surface area contributed by atoms with E-state index in [-0.39, 0.29) is 0 Å². The van der Waals surface area contributed by atoms with E-state index in [2.05, 4.69) is 37.0 Å². The standard InChI is InChI=1S/C6H4.BrI/c1-2-5-4-6(5)3-1;1-2/h1-4H;. The molecule has 0 bridgehead atoms. The molecule has 0 atom stereocenters. The molecule has 2 aliphatic rings. The molecule has 0 aromatic heterocycles. The number of benzene rings is 1. The molecule has 0 aromatic carbocycles.